The van der Waals surface area contributed by atoms with Gasteiger partial charge in [0.1, 0.15) is 0 Å². The van der Waals surface area contributed by atoms with Crippen molar-refractivity contribution in [3.63, 3.8) is 0 Å². The smallest absolute Gasteiger partial charge is 0.261 e. The van der Waals surface area contributed by atoms with E-state index in [1.807, 2.05) is 13.8 Å². The lowest BCUT2D eigenvalue weighted by molar-refractivity contribution is 0.101. The van der Waals surface area contributed by atoms with E-state index in [1.165, 1.54) is 19.1 Å². The van der Waals surface area contributed by atoms with Crippen LogP contribution in [0, 0.1) is 0 Å². The molecule has 1 N–H and O–H groups in total. The Bertz CT molecular complexity index is 827. The van der Waals surface area contributed by atoms with Crippen LogP contribution < -0.4 is 4.72 Å². The maximum absolute atomic E-state index is 12.5. The number of carbonyl (C=O) groups is 1. The molecule has 0 aromatic heterocycles. The number of ketones is 1. The van der Waals surface area contributed by atoms with Crippen molar-refractivity contribution in [2.24, 2.45) is 0 Å². The van der Waals surface area contributed by atoms with Gasteiger partial charge in [0.05, 0.1) is 15.6 Å². The molecule has 0 saturated heterocycles. The highest BCUT2D eigenvalue weighted by molar-refractivity contribution is 7.92. The number of anilines is 1. The fourth-order valence-electron chi connectivity index (χ4n) is 2.06. The Balaban J connectivity index is 2.34. The second-order valence-corrected chi connectivity index (χ2v) is 7.67. The van der Waals surface area contributed by atoms with Crippen LogP contribution in [-0.2, 0) is 10.0 Å². The summed E-state index contributed by atoms with van der Waals surface area (Å²) in [5, 5.41) is 0.234. The van der Waals surface area contributed by atoms with Gasteiger partial charge in [0, 0.05) is 5.56 Å². The van der Waals surface area contributed by atoms with E-state index in [0.717, 1.165) is 5.56 Å². The lowest BCUT2D eigenvalue weighted by atomic mass is 10.0. The molecule has 0 fully saturated rings. The normalized spacial score (nSPS) is 11.5. The van der Waals surface area contributed by atoms with E-state index in [4.69, 9.17) is 11.6 Å². The molecule has 0 radical (unpaired) electrons. The van der Waals surface area contributed by atoms with Gasteiger partial charge in [-0.15, -0.1) is 0 Å². The molecular formula is C17H18ClNO3S. The van der Waals surface area contributed by atoms with E-state index in [9.17, 15) is 13.2 Å². The number of hydrogen-bond donors (Lipinski definition) is 1. The minimum atomic E-state index is -3.77. The van der Waals surface area contributed by atoms with Crippen molar-refractivity contribution in [3.8, 4) is 0 Å². The largest absolute Gasteiger partial charge is 0.295 e. The minimum absolute atomic E-state index is 0.145. The van der Waals surface area contributed by atoms with Gasteiger partial charge in [0.25, 0.3) is 10.0 Å². The van der Waals surface area contributed by atoms with Crippen LogP contribution in [0.25, 0.3) is 0 Å². The first kappa shape index (κ1) is 17.5. The molecule has 0 heterocycles. The van der Waals surface area contributed by atoms with Crippen molar-refractivity contribution in [2.75, 3.05) is 4.72 Å². The zero-order valence-corrected chi connectivity index (χ0v) is 14.7. The summed E-state index contributed by atoms with van der Waals surface area (Å²) in [6.45, 7) is 5.48. The monoisotopic (exact) mass is 351 g/mol. The van der Waals surface area contributed by atoms with Crippen LogP contribution >= 0.6 is 11.6 Å². The van der Waals surface area contributed by atoms with Gasteiger partial charge in [-0.3, -0.25) is 9.52 Å². The number of benzene rings is 2. The van der Waals surface area contributed by atoms with Crippen molar-refractivity contribution in [2.45, 2.75) is 31.6 Å². The lowest BCUT2D eigenvalue weighted by Gasteiger charge is -2.12. The van der Waals surface area contributed by atoms with Crippen LogP contribution in [-0.4, -0.2) is 14.2 Å². The highest BCUT2D eigenvalue weighted by Gasteiger charge is 2.17. The van der Waals surface area contributed by atoms with Gasteiger partial charge >= 0.3 is 0 Å². The predicted molar refractivity (Wildman–Crippen MR) is 92.8 cm³/mol. The summed E-state index contributed by atoms with van der Waals surface area (Å²) >= 11 is 6.02. The van der Waals surface area contributed by atoms with Crippen LogP contribution in [0.2, 0.25) is 5.02 Å². The molecule has 23 heavy (non-hydrogen) atoms. The third-order valence-electron chi connectivity index (χ3n) is 3.47. The lowest BCUT2D eigenvalue weighted by Crippen LogP contribution is -2.13. The van der Waals surface area contributed by atoms with E-state index >= 15 is 0 Å². The number of rotatable bonds is 5. The number of nitrogens with one attached hydrogen (secondary N) is 1. The molecule has 2 rings (SSSR count). The third-order valence-corrected chi connectivity index (χ3v) is 5.19. The van der Waals surface area contributed by atoms with E-state index < -0.39 is 10.0 Å². The first-order valence-electron chi connectivity index (χ1n) is 7.14. The highest BCUT2D eigenvalue weighted by Crippen LogP contribution is 2.26. The van der Waals surface area contributed by atoms with Crippen molar-refractivity contribution >= 4 is 33.1 Å². The molecule has 0 atom stereocenters. The third kappa shape index (κ3) is 4.12. The molecule has 4 nitrogen and oxygen atoms in total. The van der Waals surface area contributed by atoms with Gasteiger partial charge in [-0.1, -0.05) is 37.6 Å². The van der Waals surface area contributed by atoms with Gasteiger partial charge in [-0.25, -0.2) is 8.42 Å². The Hall–Kier alpha value is -1.85. The number of hydrogen-bond acceptors (Lipinski definition) is 3. The Kier molecular flexibility index (Phi) is 5.12. The molecule has 0 aliphatic heterocycles. The van der Waals surface area contributed by atoms with Crippen LogP contribution in [0.1, 0.15) is 42.6 Å². The molecule has 0 spiro atoms. The Labute approximate surface area is 141 Å². The Morgan fingerprint density at radius 2 is 1.70 bits per heavy atom. The average molecular weight is 352 g/mol. The van der Waals surface area contributed by atoms with E-state index in [2.05, 4.69) is 4.72 Å². The number of Topliss-reactive ketones (excluding diaryl/α,β-unsaturated/α-hetero) is 1. The molecule has 0 aliphatic carbocycles. The van der Waals surface area contributed by atoms with Crippen LogP contribution in [0.4, 0.5) is 5.69 Å². The van der Waals surface area contributed by atoms with Crippen molar-refractivity contribution in [1.82, 2.24) is 0 Å². The summed E-state index contributed by atoms with van der Waals surface area (Å²) in [6, 6.07) is 11.2. The Morgan fingerprint density at radius 1 is 1.09 bits per heavy atom. The topological polar surface area (TPSA) is 63.2 Å². The van der Waals surface area contributed by atoms with E-state index in [-0.39, 0.29) is 21.4 Å². The summed E-state index contributed by atoms with van der Waals surface area (Å²) in [5.41, 5.74) is 1.63. The summed E-state index contributed by atoms with van der Waals surface area (Å²) in [5.74, 6) is 0.157. The molecule has 2 aromatic carbocycles. The standard InChI is InChI=1S/C17H18ClNO3S/c1-11(2)13-4-7-15(8-5-13)23(21,22)19-17-10-14(12(3)20)6-9-16(17)18/h4-11,19H,1-3H3. The van der Waals surface area contributed by atoms with Crippen molar-refractivity contribution in [1.29, 1.82) is 0 Å². The number of sulfonamides is 1. The fraction of sp³-hybridized carbons (Fsp3) is 0.235. The molecule has 0 aliphatic rings. The maximum atomic E-state index is 12.5. The number of carbonyl (C=O) groups excluding carboxylic acids is 1. The summed E-state index contributed by atoms with van der Waals surface area (Å²) in [6.07, 6.45) is 0. The van der Waals surface area contributed by atoms with Gasteiger partial charge in [-0.2, -0.15) is 0 Å². The van der Waals surface area contributed by atoms with Crippen LogP contribution in [0.3, 0.4) is 0 Å². The fourth-order valence-corrected chi connectivity index (χ4v) is 3.35. The van der Waals surface area contributed by atoms with Crippen molar-refractivity contribution < 1.29 is 13.2 Å². The van der Waals surface area contributed by atoms with Gasteiger partial charge in [0.15, 0.2) is 5.78 Å². The Morgan fingerprint density at radius 3 is 2.22 bits per heavy atom. The predicted octanol–water partition coefficient (Wildman–Crippen LogP) is 4.47. The molecule has 0 amide bonds. The molecule has 0 saturated carbocycles. The molecule has 0 bridgehead atoms. The van der Waals surface area contributed by atoms with Gasteiger partial charge in [0.2, 0.25) is 0 Å². The van der Waals surface area contributed by atoms with Gasteiger partial charge in [-0.05, 0) is 48.7 Å². The summed E-state index contributed by atoms with van der Waals surface area (Å²) in [4.78, 5) is 11.6. The molecule has 6 heteroatoms. The summed E-state index contributed by atoms with van der Waals surface area (Å²) < 4.78 is 27.4. The zero-order valence-electron chi connectivity index (χ0n) is 13.1. The summed E-state index contributed by atoms with van der Waals surface area (Å²) in [7, 11) is -3.77. The molecule has 122 valence electrons. The zero-order chi connectivity index (χ0) is 17.2. The molecule has 2 aromatic rings. The van der Waals surface area contributed by atoms with Gasteiger partial charge < -0.3 is 0 Å². The second kappa shape index (κ2) is 6.72. The highest BCUT2D eigenvalue weighted by atomic mass is 35.5. The second-order valence-electron chi connectivity index (χ2n) is 5.58. The maximum Gasteiger partial charge on any atom is 0.261 e. The molecule has 0 unspecified atom stereocenters. The van der Waals surface area contributed by atoms with E-state index in [1.54, 1.807) is 30.3 Å². The average Bonchev–Trinajstić information content (AvgIpc) is 2.49. The molecular weight excluding hydrogens is 334 g/mol. The van der Waals surface area contributed by atoms with E-state index in [0.29, 0.717) is 11.5 Å². The SMILES string of the molecule is CC(=O)c1ccc(Cl)c(NS(=O)(=O)c2ccc(C(C)C)cc2)c1. The quantitative estimate of drug-likeness (QED) is 0.808. The van der Waals surface area contributed by atoms with Crippen LogP contribution in [0.15, 0.2) is 47.4 Å². The minimum Gasteiger partial charge on any atom is -0.295 e. The number of halogens is 1. The van der Waals surface area contributed by atoms with Crippen LogP contribution in [0.5, 0.6) is 0 Å². The first-order chi connectivity index (χ1) is 10.7. The first-order valence-corrected chi connectivity index (χ1v) is 9.00. The van der Waals surface area contributed by atoms with Crippen molar-refractivity contribution in [3.05, 3.63) is 58.6 Å².